The quantitative estimate of drug-likeness (QED) is 0.835. The van der Waals surface area contributed by atoms with Crippen LogP contribution < -0.4 is 9.47 Å². The summed E-state index contributed by atoms with van der Waals surface area (Å²) in [5.41, 5.74) is 0. The molecule has 1 atom stereocenters. The Morgan fingerprint density at radius 1 is 1.50 bits per heavy atom. The Balaban J connectivity index is 2.64. The van der Waals surface area contributed by atoms with E-state index >= 15 is 0 Å². The Kier molecular flexibility index (Phi) is 5.94. The van der Waals surface area contributed by atoms with Crippen LogP contribution in [0.5, 0.6) is 11.5 Å². The van der Waals surface area contributed by atoms with E-state index in [-0.39, 0.29) is 6.61 Å². The maximum Gasteiger partial charge on any atom is 0.336 e. The lowest BCUT2D eigenvalue weighted by molar-refractivity contribution is -0.152. The lowest BCUT2D eigenvalue weighted by atomic mass is 10.3. The van der Waals surface area contributed by atoms with Crippen molar-refractivity contribution in [3.05, 3.63) is 22.7 Å². The third-order valence-electron chi connectivity index (χ3n) is 2.17. The minimum atomic E-state index is -1.04. The first kappa shape index (κ1) is 14.8. The smallest absolute Gasteiger partial charge is 0.336 e. The van der Waals surface area contributed by atoms with Gasteiger partial charge in [0.1, 0.15) is 18.1 Å². The minimum absolute atomic E-state index is 0.0475. The Bertz CT molecular complexity index is 407. The molecule has 0 aliphatic carbocycles. The first-order valence-corrected chi connectivity index (χ1v) is 6.18. The second kappa shape index (κ2) is 7.23. The number of carboxylic acids is 1. The molecule has 1 unspecified atom stereocenters. The summed E-state index contributed by atoms with van der Waals surface area (Å²) < 4.78 is 16.2. The molecular formula is C12H15BrO5. The number of rotatable bonds is 7. The molecule has 1 aromatic rings. The molecule has 0 bridgehead atoms. The molecule has 0 heterocycles. The fraction of sp³-hybridized carbons (Fsp3) is 0.417. The SMILES string of the molecule is CCOC(COc1ccc(OC)cc1Br)C(=O)O. The molecule has 1 aromatic carbocycles. The number of hydrogen-bond donors (Lipinski definition) is 1. The van der Waals surface area contributed by atoms with Gasteiger partial charge in [0, 0.05) is 6.61 Å². The average molecular weight is 319 g/mol. The summed E-state index contributed by atoms with van der Waals surface area (Å²) in [6.07, 6.45) is -0.969. The van der Waals surface area contributed by atoms with Gasteiger partial charge < -0.3 is 19.3 Å². The summed E-state index contributed by atoms with van der Waals surface area (Å²) in [5.74, 6) is 0.192. The molecule has 0 aliphatic heterocycles. The number of aliphatic carboxylic acids is 1. The van der Waals surface area contributed by atoms with Gasteiger partial charge in [-0.25, -0.2) is 4.79 Å². The van der Waals surface area contributed by atoms with E-state index in [0.717, 1.165) is 0 Å². The number of benzene rings is 1. The standard InChI is InChI=1S/C12H15BrO5/c1-3-17-11(12(14)15)7-18-10-5-4-8(16-2)6-9(10)13/h4-6,11H,3,7H2,1-2H3,(H,14,15). The van der Waals surface area contributed by atoms with E-state index in [4.69, 9.17) is 19.3 Å². The molecule has 0 aromatic heterocycles. The van der Waals surface area contributed by atoms with E-state index in [1.54, 1.807) is 32.2 Å². The third-order valence-corrected chi connectivity index (χ3v) is 2.79. The molecule has 0 fully saturated rings. The molecule has 0 radical (unpaired) electrons. The van der Waals surface area contributed by atoms with Gasteiger partial charge in [0.2, 0.25) is 0 Å². The van der Waals surface area contributed by atoms with Crippen LogP contribution in [0.15, 0.2) is 22.7 Å². The fourth-order valence-corrected chi connectivity index (χ4v) is 1.76. The highest BCUT2D eigenvalue weighted by Gasteiger charge is 2.18. The molecule has 0 spiro atoms. The van der Waals surface area contributed by atoms with Crippen molar-refractivity contribution in [2.45, 2.75) is 13.0 Å². The van der Waals surface area contributed by atoms with Crippen LogP contribution in [0, 0.1) is 0 Å². The summed E-state index contributed by atoms with van der Waals surface area (Å²) in [6.45, 7) is 2.01. The van der Waals surface area contributed by atoms with Crippen molar-refractivity contribution in [3.8, 4) is 11.5 Å². The van der Waals surface area contributed by atoms with E-state index in [9.17, 15) is 4.79 Å². The van der Waals surface area contributed by atoms with Gasteiger partial charge >= 0.3 is 5.97 Å². The number of carboxylic acid groups (broad SMARTS) is 1. The highest BCUT2D eigenvalue weighted by atomic mass is 79.9. The zero-order valence-electron chi connectivity index (χ0n) is 10.2. The lowest BCUT2D eigenvalue weighted by Gasteiger charge is -2.14. The third kappa shape index (κ3) is 4.19. The van der Waals surface area contributed by atoms with Gasteiger partial charge in [0.15, 0.2) is 6.10 Å². The van der Waals surface area contributed by atoms with Gasteiger partial charge in [-0.3, -0.25) is 0 Å². The average Bonchev–Trinajstić information content (AvgIpc) is 2.35. The normalized spacial score (nSPS) is 11.9. The number of methoxy groups -OCH3 is 1. The van der Waals surface area contributed by atoms with Gasteiger partial charge in [-0.15, -0.1) is 0 Å². The van der Waals surface area contributed by atoms with Crippen molar-refractivity contribution in [2.24, 2.45) is 0 Å². The van der Waals surface area contributed by atoms with Gasteiger partial charge in [-0.1, -0.05) is 0 Å². The highest BCUT2D eigenvalue weighted by molar-refractivity contribution is 9.10. The van der Waals surface area contributed by atoms with E-state index in [0.29, 0.717) is 22.6 Å². The molecule has 5 nitrogen and oxygen atoms in total. The van der Waals surface area contributed by atoms with Crippen molar-refractivity contribution in [3.63, 3.8) is 0 Å². The van der Waals surface area contributed by atoms with Crippen LogP contribution in [-0.2, 0) is 9.53 Å². The van der Waals surface area contributed by atoms with Gasteiger partial charge in [-0.2, -0.15) is 0 Å². The molecule has 0 saturated heterocycles. The Morgan fingerprint density at radius 3 is 2.72 bits per heavy atom. The molecule has 0 amide bonds. The summed E-state index contributed by atoms with van der Waals surface area (Å²) in [4.78, 5) is 10.9. The monoisotopic (exact) mass is 318 g/mol. The van der Waals surface area contributed by atoms with E-state index in [2.05, 4.69) is 15.9 Å². The fourth-order valence-electron chi connectivity index (χ4n) is 1.28. The maximum atomic E-state index is 10.9. The van der Waals surface area contributed by atoms with Crippen molar-refractivity contribution in [1.82, 2.24) is 0 Å². The van der Waals surface area contributed by atoms with Crippen LogP contribution in [0.2, 0.25) is 0 Å². The van der Waals surface area contributed by atoms with Crippen LogP contribution in [0.25, 0.3) is 0 Å². The second-order valence-electron chi connectivity index (χ2n) is 3.39. The Morgan fingerprint density at radius 2 is 2.22 bits per heavy atom. The number of carbonyl (C=O) groups is 1. The molecule has 6 heteroatoms. The van der Waals surface area contributed by atoms with Crippen molar-refractivity contribution in [2.75, 3.05) is 20.3 Å². The van der Waals surface area contributed by atoms with Gasteiger partial charge in [-0.05, 0) is 41.1 Å². The predicted octanol–water partition coefficient (Wildman–Crippen LogP) is 2.33. The molecule has 1 rings (SSSR count). The topological polar surface area (TPSA) is 65.0 Å². The Labute approximate surface area is 114 Å². The molecular weight excluding hydrogens is 304 g/mol. The van der Waals surface area contributed by atoms with Crippen molar-refractivity contribution in [1.29, 1.82) is 0 Å². The number of ether oxygens (including phenoxy) is 3. The first-order valence-electron chi connectivity index (χ1n) is 5.39. The highest BCUT2D eigenvalue weighted by Crippen LogP contribution is 2.29. The van der Waals surface area contributed by atoms with E-state index < -0.39 is 12.1 Å². The summed E-state index contributed by atoms with van der Waals surface area (Å²) in [5, 5.41) is 8.90. The Hall–Kier alpha value is -1.27. The summed E-state index contributed by atoms with van der Waals surface area (Å²) >= 11 is 3.32. The van der Waals surface area contributed by atoms with Crippen LogP contribution in [-0.4, -0.2) is 37.5 Å². The summed E-state index contributed by atoms with van der Waals surface area (Å²) in [6, 6.07) is 5.18. The van der Waals surface area contributed by atoms with E-state index in [1.165, 1.54) is 0 Å². The molecule has 0 saturated carbocycles. The van der Waals surface area contributed by atoms with Gasteiger partial charge in [0.25, 0.3) is 0 Å². The summed E-state index contributed by atoms with van der Waals surface area (Å²) in [7, 11) is 1.57. The van der Waals surface area contributed by atoms with E-state index in [1.807, 2.05) is 0 Å². The second-order valence-corrected chi connectivity index (χ2v) is 4.24. The van der Waals surface area contributed by atoms with Crippen LogP contribution in [0.3, 0.4) is 0 Å². The zero-order valence-corrected chi connectivity index (χ0v) is 11.8. The molecule has 1 N–H and O–H groups in total. The van der Waals surface area contributed by atoms with Crippen LogP contribution >= 0.6 is 15.9 Å². The maximum absolute atomic E-state index is 10.9. The first-order chi connectivity index (χ1) is 8.58. The van der Waals surface area contributed by atoms with Crippen LogP contribution in [0.1, 0.15) is 6.92 Å². The van der Waals surface area contributed by atoms with Crippen molar-refractivity contribution < 1.29 is 24.1 Å². The number of halogens is 1. The molecule has 100 valence electrons. The van der Waals surface area contributed by atoms with Crippen LogP contribution in [0.4, 0.5) is 0 Å². The number of hydrogen-bond acceptors (Lipinski definition) is 4. The largest absolute Gasteiger partial charge is 0.497 e. The predicted molar refractivity (Wildman–Crippen MR) is 69.2 cm³/mol. The zero-order chi connectivity index (χ0) is 13.5. The molecule has 0 aliphatic rings. The molecule has 18 heavy (non-hydrogen) atoms. The van der Waals surface area contributed by atoms with Crippen molar-refractivity contribution >= 4 is 21.9 Å². The van der Waals surface area contributed by atoms with Gasteiger partial charge in [0.05, 0.1) is 11.6 Å². The lowest BCUT2D eigenvalue weighted by Crippen LogP contribution is -2.30. The minimum Gasteiger partial charge on any atom is -0.497 e.